The normalized spacial score (nSPS) is 33.7. The lowest BCUT2D eigenvalue weighted by atomic mass is 9.97. The van der Waals surface area contributed by atoms with Gasteiger partial charge in [-0.2, -0.15) is 0 Å². The Morgan fingerprint density at radius 2 is 2.38 bits per heavy atom. The highest BCUT2D eigenvalue weighted by atomic mass is 79.9. The van der Waals surface area contributed by atoms with Crippen molar-refractivity contribution in [2.75, 3.05) is 0 Å². The molecule has 7 heteroatoms. The van der Waals surface area contributed by atoms with Gasteiger partial charge in [0, 0.05) is 16.3 Å². The van der Waals surface area contributed by atoms with Gasteiger partial charge in [-0.25, -0.2) is 0 Å². The summed E-state index contributed by atoms with van der Waals surface area (Å²) in [6, 6.07) is 0. The van der Waals surface area contributed by atoms with Gasteiger partial charge in [-0.15, -0.1) is 0 Å². The van der Waals surface area contributed by atoms with Crippen molar-refractivity contribution in [2.45, 2.75) is 18.8 Å². The van der Waals surface area contributed by atoms with E-state index in [1.165, 1.54) is 6.21 Å². The number of aliphatic imine (C=N–C) groups is 1. The average Bonchev–Trinajstić information content (AvgIpc) is 2.08. The fourth-order valence-electron chi connectivity index (χ4n) is 1.01. The molecule has 1 aliphatic rings. The minimum absolute atomic E-state index is 0.375. The van der Waals surface area contributed by atoms with Gasteiger partial charge in [-0.05, 0) is 22.9 Å². The summed E-state index contributed by atoms with van der Waals surface area (Å²) in [6.07, 6.45) is 0.387. The third kappa shape index (κ3) is 1.38. The lowest BCUT2D eigenvalue weighted by Gasteiger charge is -2.27. The van der Waals surface area contributed by atoms with Crippen molar-refractivity contribution in [2.24, 2.45) is 16.5 Å². The Labute approximate surface area is 83.0 Å². The number of hydrogen-bond donors (Lipinski definition) is 2. The molecular formula is C6H9BrN4O2. The summed E-state index contributed by atoms with van der Waals surface area (Å²) < 4.78 is 0.508. The molecule has 0 saturated heterocycles. The van der Waals surface area contributed by atoms with Crippen molar-refractivity contribution < 1.29 is 4.92 Å². The van der Waals surface area contributed by atoms with Crippen LogP contribution in [0.25, 0.3) is 0 Å². The zero-order valence-electron chi connectivity index (χ0n) is 6.90. The van der Waals surface area contributed by atoms with Crippen LogP contribution in [0.5, 0.6) is 0 Å². The summed E-state index contributed by atoms with van der Waals surface area (Å²) in [5, 5.41) is 10.7. The number of hydrogen-bond acceptors (Lipinski definition) is 5. The molecule has 0 fully saturated rings. The first-order valence-corrected chi connectivity index (χ1v) is 4.29. The minimum atomic E-state index is -1.80. The van der Waals surface area contributed by atoms with Gasteiger partial charge in [-0.1, -0.05) is 0 Å². The van der Waals surface area contributed by atoms with Crippen LogP contribution in [0.3, 0.4) is 0 Å². The summed E-state index contributed by atoms with van der Waals surface area (Å²) in [5.41, 5.74) is 9.58. The zero-order chi connectivity index (χ0) is 10.2. The molecule has 0 aromatic heterocycles. The van der Waals surface area contributed by atoms with Crippen LogP contribution in [0, 0.1) is 10.1 Å². The first kappa shape index (κ1) is 10.3. The molecule has 2 unspecified atom stereocenters. The van der Waals surface area contributed by atoms with Crippen molar-refractivity contribution in [1.82, 2.24) is 0 Å². The van der Waals surface area contributed by atoms with Crippen LogP contribution in [0.4, 0.5) is 0 Å². The Bertz CT molecular complexity index is 314. The summed E-state index contributed by atoms with van der Waals surface area (Å²) in [7, 11) is 0. The second-order valence-corrected chi connectivity index (χ2v) is 3.63. The molecule has 1 heterocycles. The minimum Gasteiger partial charge on any atom is -0.302 e. The summed E-state index contributed by atoms with van der Waals surface area (Å²) in [5.74, 6) is 0. The smallest absolute Gasteiger partial charge is 0.302 e. The predicted octanol–water partition coefficient (Wildman–Crippen LogP) is -0.0438. The Balaban J connectivity index is 3.24. The zero-order valence-corrected chi connectivity index (χ0v) is 8.48. The van der Waals surface area contributed by atoms with E-state index >= 15 is 0 Å². The molecule has 0 spiro atoms. The molecule has 0 radical (unpaired) electrons. The van der Waals surface area contributed by atoms with E-state index in [0.717, 1.165) is 0 Å². The summed E-state index contributed by atoms with van der Waals surface area (Å²) in [6.45, 7) is 1.55. The fraction of sp³-hybridized carbons (Fsp3) is 0.500. The molecule has 72 valence electrons. The summed E-state index contributed by atoms with van der Waals surface area (Å²) in [4.78, 5) is 13.8. The van der Waals surface area contributed by atoms with Crippen molar-refractivity contribution in [1.29, 1.82) is 0 Å². The van der Waals surface area contributed by atoms with Gasteiger partial charge in [0.25, 0.3) is 0 Å². The molecule has 0 saturated carbocycles. The molecule has 0 bridgehead atoms. The van der Waals surface area contributed by atoms with Crippen LogP contribution in [0.15, 0.2) is 15.0 Å². The maximum atomic E-state index is 10.7. The monoisotopic (exact) mass is 248 g/mol. The van der Waals surface area contributed by atoms with Gasteiger partial charge in [0.05, 0.1) is 4.92 Å². The SMILES string of the molecule is CC1=C(Br)C=NC(N)C1(N)[N+](=O)[O-]. The van der Waals surface area contributed by atoms with Crippen molar-refractivity contribution in [3.63, 3.8) is 0 Å². The van der Waals surface area contributed by atoms with Crippen LogP contribution in [-0.4, -0.2) is 23.0 Å². The third-order valence-corrected chi connectivity index (χ3v) is 2.86. The quantitative estimate of drug-likeness (QED) is 0.386. The Kier molecular flexibility index (Phi) is 2.51. The Hall–Kier alpha value is -0.790. The number of dihydropyridines is 1. The van der Waals surface area contributed by atoms with Gasteiger partial charge >= 0.3 is 5.66 Å². The van der Waals surface area contributed by atoms with E-state index in [0.29, 0.717) is 10.1 Å². The van der Waals surface area contributed by atoms with Crippen molar-refractivity contribution >= 4 is 22.1 Å². The lowest BCUT2D eigenvalue weighted by Crippen LogP contribution is -2.62. The highest BCUT2D eigenvalue weighted by Crippen LogP contribution is 2.27. The molecule has 0 amide bonds. The first-order valence-electron chi connectivity index (χ1n) is 3.49. The van der Waals surface area contributed by atoms with E-state index in [-0.39, 0.29) is 0 Å². The van der Waals surface area contributed by atoms with Crippen LogP contribution >= 0.6 is 15.9 Å². The molecule has 1 rings (SSSR count). The molecular weight excluding hydrogens is 240 g/mol. The number of halogens is 1. The van der Waals surface area contributed by atoms with Crippen LogP contribution in [-0.2, 0) is 0 Å². The van der Waals surface area contributed by atoms with Crippen molar-refractivity contribution in [3.05, 3.63) is 20.2 Å². The number of nitrogens with zero attached hydrogens (tertiary/aromatic N) is 2. The second kappa shape index (κ2) is 3.17. The standard InChI is InChI=1S/C6H9BrN4O2/c1-3-4(7)2-10-5(8)6(3,9)11(12)13/h2,5H,8-9H2,1H3. The van der Waals surface area contributed by atoms with E-state index in [1.807, 2.05) is 0 Å². The highest BCUT2D eigenvalue weighted by molar-refractivity contribution is 9.12. The van der Waals surface area contributed by atoms with Gasteiger partial charge < -0.3 is 5.73 Å². The van der Waals surface area contributed by atoms with E-state index in [4.69, 9.17) is 11.5 Å². The third-order valence-electron chi connectivity index (χ3n) is 2.06. The maximum Gasteiger partial charge on any atom is 0.330 e. The largest absolute Gasteiger partial charge is 0.330 e. The molecule has 0 aromatic rings. The number of nitro groups is 1. The molecule has 1 aliphatic heterocycles. The molecule has 6 nitrogen and oxygen atoms in total. The second-order valence-electron chi connectivity index (χ2n) is 2.78. The van der Waals surface area contributed by atoms with Gasteiger partial charge in [0.2, 0.25) is 0 Å². The first-order chi connectivity index (χ1) is 5.90. The Morgan fingerprint density at radius 3 is 2.77 bits per heavy atom. The highest BCUT2D eigenvalue weighted by Gasteiger charge is 2.49. The van der Waals surface area contributed by atoms with E-state index < -0.39 is 16.8 Å². The van der Waals surface area contributed by atoms with E-state index in [9.17, 15) is 10.1 Å². The number of rotatable bonds is 1. The maximum absolute atomic E-state index is 10.7. The Morgan fingerprint density at radius 1 is 1.85 bits per heavy atom. The van der Waals surface area contributed by atoms with E-state index in [1.54, 1.807) is 6.92 Å². The summed E-state index contributed by atoms with van der Waals surface area (Å²) >= 11 is 3.12. The molecule has 13 heavy (non-hydrogen) atoms. The lowest BCUT2D eigenvalue weighted by molar-refractivity contribution is -0.560. The van der Waals surface area contributed by atoms with Crippen LogP contribution in [0.1, 0.15) is 6.92 Å². The molecule has 0 aromatic carbocycles. The number of nitrogens with two attached hydrogens (primary N) is 2. The fourth-order valence-corrected chi connectivity index (χ4v) is 1.45. The van der Waals surface area contributed by atoms with Crippen LogP contribution in [0.2, 0.25) is 0 Å². The van der Waals surface area contributed by atoms with Gasteiger partial charge in [0.15, 0.2) is 6.17 Å². The van der Waals surface area contributed by atoms with Gasteiger partial charge in [0.1, 0.15) is 0 Å². The predicted molar refractivity (Wildman–Crippen MR) is 52.0 cm³/mol. The molecule has 4 N–H and O–H groups in total. The number of allylic oxidation sites excluding steroid dienone is 1. The van der Waals surface area contributed by atoms with Gasteiger partial charge in [-0.3, -0.25) is 20.8 Å². The molecule has 0 aliphatic carbocycles. The topological polar surface area (TPSA) is 108 Å². The van der Waals surface area contributed by atoms with Crippen LogP contribution < -0.4 is 11.5 Å². The average molecular weight is 249 g/mol. The van der Waals surface area contributed by atoms with E-state index in [2.05, 4.69) is 20.9 Å². The van der Waals surface area contributed by atoms with Crippen molar-refractivity contribution in [3.8, 4) is 0 Å². The molecule has 2 atom stereocenters.